The predicted octanol–water partition coefficient (Wildman–Crippen LogP) is 1.63. The van der Waals surface area contributed by atoms with Gasteiger partial charge < -0.3 is 10.2 Å². The fraction of sp³-hybridized carbons (Fsp3) is 0.286. The molecule has 1 heterocycles. The van der Waals surface area contributed by atoms with Crippen molar-refractivity contribution in [1.29, 1.82) is 0 Å². The van der Waals surface area contributed by atoms with Crippen LogP contribution in [0.4, 0.5) is 0 Å². The first kappa shape index (κ1) is 9.57. The Labute approximate surface area is 78.0 Å². The van der Waals surface area contributed by atoms with Crippen LogP contribution in [0.15, 0.2) is 21.7 Å². The lowest BCUT2D eigenvalue weighted by Crippen LogP contribution is -2.07. The van der Waals surface area contributed by atoms with Crippen LogP contribution in [0.2, 0.25) is 0 Å². The molecule has 1 rings (SSSR count). The summed E-state index contributed by atoms with van der Waals surface area (Å²) < 4.78 is 0.934. The van der Waals surface area contributed by atoms with Gasteiger partial charge in [-0.25, -0.2) is 0 Å². The summed E-state index contributed by atoms with van der Waals surface area (Å²) in [5.41, 5.74) is -0.846. The lowest BCUT2D eigenvalue weighted by molar-refractivity contribution is -0.138. The number of carboxylic acids is 1. The van der Waals surface area contributed by atoms with Crippen LogP contribution < -0.4 is 0 Å². The van der Waals surface area contributed by atoms with Crippen LogP contribution in [0.1, 0.15) is 6.42 Å². The van der Waals surface area contributed by atoms with E-state index in [4.69, 9.17) is 5.11 Å². The number of thiophene rings is 1. The maximum absolute atomic E-state index is 10.2. The zero-order valence-corrected chi connectivity index (χ0v) is 7.77. The van der Waals surface area contributed by atoms with Crippen LogP contribution >= 0.6 is 23.1 Å². The van der Waals surface area contributed by atoms with Crippen LogP contribution in [-0.2, 0) is 4.79 Å². The summed E-state index contributed by atoms with van der Waals surface area (Å²) in [5, 5.41) is 19.4. The highest BCUT2D eigenvalue weighted by atomic mass is 32.2. The number of rotatable bonds is 4. The van der Waals surface area contributed by atoms with Crippen molar-refractivity contribution in [3.8, 4) is 0 Å². The van der Waals surface area contributed by atoms with Gasteiger partial charge in [0.2, 0.25) is 0 Å². The third kappa shape index (κ3) is 3.25. The van der Waals surface area contributed by atoms with Crippen LogP contribution in [-0.4, -0.2) is 21.6 Å². The van der Waals surface area contributed by atoms with Crippen LogP contribution in [0.25, 0.3) is 0 Å². The second-order valence-corrected chi connectivity index (χ2v) is 4.53. The van der Waals surface area contributed by atoms with Gasteiger partial charge in [-0.3, -0.25) is 4.79 Å². The maximum atomic E-state index is 10.2. The molecule has 1 atom stereocenters. The molecular formula is C7H8O3S2. The summed E-state index contributed by atoms with van der Waals surface area (Å²) in [7, 11) is 0. The van der Waals surface area contributed by atoms with Gasteiger partial charge in [-0.15, -0.1) is 11.3 Å². The van der Waals surface area contributed by atoms with Crippen molar-refractivity contribution < 1.29 is 15.0 Å². The van der Waals surface area contributed by atoms with Crippen molar-refractivity contribution in [1.82, 2.24) is 0 Å². The SMILES string of the molecule is O=C(O)CC(O)Sc1cccs1. The monoisotopic (exact) mass is 204 g/mol. The molecule has 0 bridgehead atoms. The number of aliphatic hydroxyl groups excluding tert-OH is 1. The molecule has 3 nitrogen and oxygen atoms in total. The Kier molecular flexibility index (Phi) is 3.58. The van der Waals surface area contributed by atoms with Gasteiger partial charge in [-0.05, 0) is 11.4 Å². The van der Waals surface area contributed by atoms with E-state index in [1.807, 2.05) is 17.5 Å². The minimum Gasteiger partial charge on any atom is -0.481 e. The first-order valence-corrected chi connectivity index (χ1v) is 5.04. The number of hydrogen-bond acceptors (Lipinski definition) is 4. The molecule has 0 radical (unpaired) electrons. The predicted molar refractivity (Wildman–Crippen MR) is 48.4 cm³/mol. The molecule has 66 valence electrons. The molecule has 0 aliphatic heterocycles. The number of aliphatic hydroxyl groups is 1. The average Bonchev–Trinajstić information content (AvgIpc) is 2.37. The third-order valence-electron chi connectivity index (χ3n) is 1.10. The highest BCUT2D eigenvalue weighted by Crippen LogP contribution is 2.27. The minimum atomic E-state index is -0.980. The summed E-state index contributed by atoms with van der Waals surface area (Å²) in [6.07, 6.45) is -0.220. The zero-order valence-electron chi connectivity index (χ0n) is 6.14. The number of hydrogen-bond donors (Lipinski definition) is 2. The third-order valence-corrected chi connectivity index (χ3v) is 3.14. The van der Waals surface area contributed by atoms with Crippen molar-refractivity contribution in [3.63, 3.8) is 0 Å². The molecule has 1 aromatic rings. The Morgan fingerprint density at radius 3 is 3.00 bits per heavy atom. The Hall–Kier alpha value is -0.520. The number of aliphatic carboxylic acids is 1. The Morgan fingerprint density at radius 1 is 1.75 bits per heavy atom. The second kappa shape index (κ2) is 4.49. The summed E-state index contributed by atoms with van der Waals surface area (Å²) in [6.45, 7) is 0. The Morgan fingerprint density at radius 2 is 2.50 bits per heavy atom. The lowest BCUT2D eigenvalue weighted by atomic mass is 10.5. The van der Waals surface area contributed by atoms with E-state index in [1.165, 1.54) is 23.1 Å². The highest BCUT2D eigenvalue weighted by Gasteiger charge is 2.10. The van der Waals surface area contributed by atoms with Gasteiger partial charge in [0.05, 0.1) is 10.6 Å². The second-order valence-electron chi connectivity index (χ2n) is 2.10. The Bertz CT molecular complexity index is 245. The van der Waals surface area contributed by atoms with Gasteiger partial charge in [-0.2, -0.15) is 0 Å². The van der Waals surface area contributed by atoms with Gasteiger partial charge >= 0.3 is 5.97 Å². The number of thioether (sulfide) groups is 1. The lowest BCUT2D eigenvalue weighted by Gasteiger charge is -2.03. The van der Waals surface area contributed by atoms with E-state index in [9.17, 15) is 9.90 Å². The van der Waals surface area contributed by atoms with E-state index in [0.29, 0.717) is 0 Å². The van der Waals surface area contributed by atoms with Crippen LogP contribution in [0.5, 0.6) is 0 Å². The van der Waals surface area contributed by atoms with E-state index in [-0.39, 0.29) is 6.42 Å². The molecule has 5 heteroatoms. The molecule has 0 aliphatic rings. The standard InChI is InChI=1S/C7H8O3S2/c8-5(9)4-6(10)12-7-2-1-3-11-7/h1-3,6,10H,4H2,(H,8,9). The van der Waals surface area contributed by atoms with Crippen molar-refractivity contribution in [2.24, 2.45) is 0 Å². The molecule has 12 heavy (non-hydrogen) atoms. The van der Waals surface area contributed by atoms with E-state index in [0.717, 1.165) is 4.21 Å². The molecular weight excluding hydrogens is 196 g/mol. The highest BCUT2D eigenvalue weighted by molar-refractivity contribution is 8.01. The molecule has 0 saturated heterocycles. The topological polar surface area (TPSA) is 57.5 Å². The fourth-order valence-electron chi connectivity index (χ4n) is 0.656. The molecule has 0 amide bonds. The van der Waals surface area contributed by atoms with E-state index < -0.39 is 11.4 Å². The number of carboxylic acid groups (broad SMARTS) is 1. The average molecular weight is 204 g/mol. The van der Waals surface area contributed by atoms with E-state index in [2.05, 4.69) is 0 Å². The van der Waals surface area contributed by atoms with E-state index >= 15 is 0 Å². The van der Waals surface area contributed by atoms with Gasteiger partial charge in [0.25, 0.3) is 0 Å². The summed E-state index contributed by atoms with van der Waals surface area (Å²) in [4.78, 5) is 10.2. The minimum absolute atomic E-state index is 0.220. The van der Waals surface area contributed by atoms with Gasteiger partial charge in [-0.1, -0.05) is 17.8 Å². The normalized spacial score (nSPS) is 12.8. The first-order valence-electron chi connectivity index (χ1n) is 3.28. The first-order chi connectivity index (χ1) is 5.68. The fourth-order valence-corrected chi connectivity index (χ4v) is 2.48. The van der Waals surface area contributed by atoms with E-state index in [1.54, 1.807) is 0 Å². The van der Waals surface area contributed by atoms with Crippen molar-refractivity contribution in [2.45, 2.75) is 16.1 Å². The molecule has 2 N–H and O–H groups in total. The molecule has 0 spiro atoms. The molecule has 0 aromatic carbocycles. The summed E-state index contributed by atoms with van der Waals surface area (Å²) in [5.74, 6) is -0.980. The van der Waals surface area contributed by atoms with Crippen molar-refractivity contribution >= 4 is 29.1 Å². The van der Waals surface area contributed by atoms with Crippen molar-refractivity contribution in [2.75, 3.05) is 0 Å². The zero-order chi connectivity index (χ0) is 8.97. The van der Waals surface area contributed by atoms with Gasteiger partial charge in [0.15, 0.2) is 0 Å². The smallest absolute Gasteiger partial charge is 0.306 e. The summed E-state index contributed by atoms with van der Waals surface area (Å²) in [6, 6.07) is 3.71. The Balaban J connectivity index is 2.36. The molecule has 1 unspecified atom stereocenters. The maximum Gasteiger partial charge on any atom is 0.306 e. The molecule has 0 aliphatic carbocycles. The molecule has 1 aromatic heterocycles. The van der Waals surface area contributed by atoms with Crippen molar-refractivity contribution in [3.05, 3.63) is 17.5 Å². The van der Waals surface area contributed by atoms with Gasteiger partial charge in [0, 0.05) is 0 Å². The van der Waals surface area contributed by atoms with Gasteiger partial charge in [0.1, 0.15) is 5.44 Å². The largest absolute Gasteiger partial charge is 0.481 e. The molecule has 0 saturated carbocycles. The van der Waals surface area contributed by atoms with Crippen LogP contribution in [0, 0.1) is 0 Å². The number of carbonyl (C=O) groups is 1. The quantitative estimate of drug-likeness (QED) is 0.578. The summed E-state index contributed by atoms with van der Waals surface area (Å²) >= 11 is 2.66. The molecule has 0 fully saturated rings. The van der Waals surface area contributed by atoms with Crippen LogP contribution in [0.3, 0.4) is 0 Å².